The van der Waals surface area contributed by atoms with E-state index in [9.17, 15) is 19.8 Å². The van der Waals surface area contributed by atoms with E-state index in [1.165, 1.54) is 31.4 Å². The van der Waals surface area contributed by atoms with Crippen LogP contribution >= 0.6 is 24.0 Å². The Morgan fingerprint density at radius 2 is 1.89 bits per heavy atom. The number of amides is 2. The third kappa shape index (κ3) is 4.04. The number of nitrogens with one attached hydrogen (secondary N) is 1. The number of methoxy groups -OCH3 is 1. The second-order valence-corrected chi connectivity index (χ2v) is 7.11. The lowest BCUT2D eigenvalue weighted by Crippen LogP contribution is -2.44. The van der Waals surface area contributed by atoms with Crippen LogP contribution in [0.1, 0.15) is 15.9 Å². The Bertz CT molecular complexity index is 957. The van der Waals surface area contributed by atoms with Crippen molar-refractivity contribution in [1.29, 1.82) is 0 Å². The molecule has 138 valence electrons. The molecule has 7 nitrogen and oxygen atoms in total. The van der Waals surface area contributed by atoms with Crippen LogP contribution in [0.4, 0.5) is 0 Å². The summed E-state index contributed by atoms with van der Waals surface area (Å²) in [6, 6.07) is 10.6. The monoisotopic (exact) mass is 402 g/mol. The summed E-state index contributed by atoms with van der Waals surface area (Å²) in [5, 5.41) is 19.9. The lowest BCUT2D eigenvalue weighted by atomic mass is 10.2. The van der Waals surface area contributed by atoms with Crippen LogP contribution in [0.15, 0.2) is 47.4 Å². The maximum absolute atomic E-state index is 12.5. The van der Waals surface area contributed by atoms with Crippen LogP contribution in [0.5, 0.6) is 17.2 Å². The van der Waals surface area contributed by atoms with Crippen molar-refractivity contribution >= 4 is 46.2 Å². The number of ether oxygens (including phenoxy) is 1. The van der Waals surface area contributed by atoms with Gasteiger partial charge in [0.05, 0.1) is 12.0 Å². The molecule has 27 heavy (non-hydrogen) atoms. The Morgan fingerprint density at radius 1 is 1.19 bits per heavy atom. The molecule has 2 aromatic rings. The summed E-state index contributed by atoms with van der Waals surface area (Å²) in [6.45, 7) is 0. The van der Waals surface area contributed by atoms with Crippen LogP contribution in [-0.2, 0) is 4.79 Å². The summed E-state index contributed by atoms with van der Waals surface area (Å²) in [7, 11) is 1.52. The molecule has 1 aliphatic rings. The lowest BCUT2D eigenvalue weighted by Gasteiger charge is -2.15. The average Bonchev–Trinajstić information content (AvgIpc) is 2.92. The van der Waals surface area contributed by atoms with E-state index in [1.54, 1.807) is 24.3 Å². The Morgan fingerprint density at radius 3 is 2.52 bits per heavy atom. The van der Waals surface area contributed by atoms with Crippen molar-refractivity contribution in [3.63, 3.8) is 0 Å². The molecular weight excluding hydrogens is 388 g/mol. The normalized spacial score (nSPS) is 15.3. The molecule has 2 aromatic carbocycles. The maximum Gasteiger partial charge on any atom is 0.285 e. The highest BCUT2D eigenvalue weighted by Crippen LogP contribution is 2.33. The van der Waals surface area contributed by atoms with E-state index in [1.807, 2.05) is 0 Å². The number of phenols is 2. The van der Waals surface area contributed by atoms with Gasteiger partial charge in [-0.15, -0.1) is 0 Å². The average molecular weight is 402 g/mol. The minimum Gasteiger partial charge on any atom is -0.504 e. The van der Waals surface area contributed by atoms with Crippen LogP contribution in [-0.4, -0.2) is 38.5 Å². The van der Waals surface area contributed by atoms with Crippen molar-refractivity contribution in [3.05, 3.63) is 58.5 Å². The molecular formula is C18H14N2O5S2. The highest BCUT2D eigenvalue weighted by Gasteiger charge is 2.33. The van der Waals surface area contributed by atoms with Gasteiger partial charge in [0.1, 0.15) is 5.75 Å². The highest BCUT2D eigenvalue weighted by atomic mass is 32.2. The van der Waals surface area contributed by atoms with Crippen molar-refractivity contribution in [1.82, 2.24) is 10.4 Å². The number of hydrogen-bond donors (Lipinski definition) is 3. The highest BCUT2D eigenvalue weighted by molar-refractivity contribution is 8.26. The summed E-state index contributed by atoms with van der Waals surface area (Å²) < 4.78 is 5.22. The van der Waals surface area contributed by atoms with Gasteiger partial charge < -0.3 is 14.9 Å². The van der Waals surface area contributed by atoms with Crippen LogP contribution in [0.3, 0.4) is 0 Å². The number of thiocarbonyl (C=S) groups is 1. The first-order chi connectivity index (χ1) is 12.9. The van der Waals surface area contributed by atoms with E-state index in [4.69, 9.17) is 17.0 Å². The quantitative estimate of drug-likeness (QED) is 0.411. The van der Waals surface area contributed by atoms with Crippen molar-refractivity contribution in [2.45, 2.75) is 0 Å². The fraction of sp³-hybridized carbons (Fsp3) is 0.0556. The third-order valence-corrected chi connectivity index (χ3v) is 4.96. The minimum absolute atomic E-state index is 0.177. The smallest absolute Gasteiger partial charge is 0.285 e. The summed E-state index contributed by atoms with van der Waals surface area (Å²) in [4.78, 5) is 25.2. The molecule has 2 amide bonds. The van der Waals surface area contributed by atoms with Crippen molar-refractivity contribution < 1.29 is 24.5 Å². The minimum atomic E-state index is -0.488. The first-order valence-electron chi connectivity index (χ1n) is 7.64. The fourth-order valence-electron chi connectivity index (χ4n) is 2.25. The summed E-state index contributed by atoms with van der Waals surface area (Å²) >= 11 is 6.19. The van der Waals surface area contributed by atoms with Crippen molar-refractivity contribution in [2.24, 2.45) is 0 Å². The number of aromatic hydroxyl groups is 2. The van der Waals surface area contributed by atoms with Gasteiger partial charge in [-0.05, 0) is 60.3 Å². The molecule has 1 fully saturated rings. The summed E-state index contributed by atoms with van der Waals surface area (Å²) in [5.41, 5.74) is 3.33. The molecule has 1 saturated heterocycles. The van der Waals surface area contributed by atoms with E-state index < -0.39 is 11.8 Å². The van der Waals surface area contributed by atoms with Gasteiger partial charge in [-0.1, -0.05) is 17.8 Å². The first kappa shape index (κ1) is 18.7. The van der Waals surface area contributed by atoms with E-state index in [0.29, 0.717) is 16.9 Å². The standard InChI is InChI=1S/C18H14N2O5S2/c1-25-12-5-3-11(4-6-12)16(23)19-20-17(24)15(27-18(20)26)9-10-2-7-13(21)14(22)8-10/h2-9,21-22H,1H3,(H,19,23)/b15-9+. The van der Waals surface area contributed by atoms with Gasteiger partial charge in [0, 0.05) is 5.56 Å². The van der Waals surface area contributed by atoms with Crippen LogP contribution in [0, 0.1) is 0 Å². The number of benzene rings is 2. The largest absolute Gasteiger partial charge is 0.504 e. The molecule has 0 unspecified atom stereocenters. The van der Waals surface area contributed by atoms with Crippen LogP contribution in [0.25, 0.3) is 6.08 Å². The summed E-state index contributed by atoms with van der Waals surface area (Å²) in [5.74, 6) is -0.923. The molecule has 1 aliphatic heterocycles. The molecule has 3 rings (SSSR count). The van der Waals surface area contributed by atoms with Gasteiger partial charge in [-0.25, -0.2) is 0 Å². The Labute approximate surface area is 164 Å². The first-order valence-corrected chi connectivity index (χ1v) is 8.86. The van der Waals surface area contributed by atoms with Gasteiger partial charge in [-0.2, -0.15) is 5.01 Å². The Kier molecular flexibility index (Phi) is 5.33. The number of phenolic OH excluding ortho intramolecular Hbond substituents is 2. The molecule has 9 heteroatoms. The topological polar surface area (TPSA) is 99.1 Å². The van der Waals surface area contributed by atoms with E-state index in [0.717, 1.165) is 16.8 Å². The third-order valence-electron chi connectivity index (χ3n) is 3.66. The van der Waals surface area contributed by atoms with Crippen molar-refractivity contribution in [2.75, 3.05) is 7.11 Å². The predicted octanol–water partition coefficient (Wildman–Crippen LogP) is 2.65. The van der Waals surface area contributed by atoms with Gasteiger partial charge >= 0.3 is 0 Å². The molecule has 0 radical (unpaired) electrons. The number of hydrogen-bond acceptors (Lipinski definition) is 7. The second-order valence-electron chi connectivity index (χ2n) is 5.43. The number of hydrazine groups is 1. The lowest BCUT2D eigenvalue weighted by molar-refractivity contribution is -0.123. The van der Waals surface area contributed by atoms with Gasteiger partial charge in [0.2, 0.25) is 0 Å². The number of nitrogens with zero attached hydrogens (tertiary/aromatic N) is 1. The zero-order chi connectivity index (χ0) is 19.6. The predicted molar refractivity (Wildman–Crippen MR) is 105 cm³/mol. The fourth-order valence-corrected chi connectivity index (χ4v) is 3.43. The second kappa shape index (κ2) is 7.68. The van der Waals surface area contributed by atoms with E-state index in [-0.39, 0.29) is 20.7 Å². The Hall–Kier alpha value is -3.04. The van der Waals surface area contributed by atoms with Crippen molar-refractivity contribution in [3.8, 4) is 17.2 Å². The SMILES string of the molecule is COc1ccc(C(=O)NN2C(=O)/C(=C\c3ccc(O)c(O)c3)SC2=S)cc1. The van der Waals surface area contributed by atoms with E-state index >= 15 is 0 Å². The molecule has 1 heterocycles. The summed E-state index contributed by atoms with van der Waals surface area (Å²) in [6.07, 6.45) is 1.51. The number of thioether (sulfide) groups is 1. The zero-order valence-corrected chi connectivity index (χ0v) is 15.6. The maximum atomic E-state index is 12.5. The van der Waals surface area contributed by atoms with Gasteiger partial charge in [-0.3, -0.25) is 15.0 Å². The molecule has 0 aliphatic carbocycles. The number of carbonyl (C=O) groups is 2. The zero-order valence-electron chi connectivity index (χ0n) is 14.0. The Balaban J connectivity index is 1.76. The van der Waals surface area contributed by atoms with Crippen LogP contribution < -0.4 is 10.2 Å². The number of carbonyl (C=O) groups excluding carboxylic acids is 2. The van der Waals surface area contributed by atoms with Gasteiger partial charge in [0.15, 0.2) is 15.8 Å². The molecule has 0 spiro atoms. The molecule has 0 aromatic heterocycles. The molecule has 0 bridgehead atoms. The van der Waals surface area contributed by atoms with E-state index in [2.05, 4.69) is 5.43 Å². The molecule has 3 N–H and O–H groups in total. The van der Waals surface area contributed by atoms with Gasteiger partial charge in [0.25, 0.3) is 11.8 Å². The number of rotatable bonds is 4. The van der Waals surface area contributed by atoms with Crippen LogP contribution in [0.2, 0.25) is 0 Å². The molecule has 0 saturated carbocycles. The molecule has 0 atom stereocenters.